The summed E-state index contributed by atoms with van der Waals surface area (Å²) in [7, 11) is 1.99. The SMILES string of the molecule is CCN(CC)c1ccc(/C=N/c2nc3ccccc3n2C)cc1. The van der Waals surface area contributed by atoms with Crippen molar-refractivity contribution in [3.05, 3.63) is 54.1 Å². The first-order chi connectivity index (χ1) is 11.2. The van der Waals surface area contributed by atoms with Crippen LogP contribution in [-0.4, -0.2) is 28.9 Å². The highest BCUT2D eigenvalue weighted by Gasteiger charge is 2.05. The smallest absolute Gasteiger partial charge is 0.230 e. The van der Waals surface area contributed by atoms with Crippen LogP contribution in [-0.2, 0) is 7.05 Å². The van der Waals surface area contributed by atoms with Gasteiger partial charge in [0.05, 0.1) is 11.0 Å². The zero-order chi connectivity index (χ0) is 16.2. The normalized spacial score (nSPS) is 11.4. The molecule has 0 saturated carbocycles. The van der Waals surface area contributed by atoms with E-state index < -0.39 is 0 Å². The second-order valence-corrected chi connectivity index (χ2v) is 5.48. The monoisotopic (exact) mass is 306 g/mol. The van der Waals surface area contributed by atoms with Gasteiger partial charge < -0.3 is 9.47 Å². The van der Waals surface area contributed by atoms with Crippen LogP contribution in [0.5, 0.6) is 0 Å². The predicted octanol–water partition coefficient (Wildman–Crippen LogP) is 4.17. The first kappa shape index (κ1) is 15.3. The average Bonchev–Trinajstić information content (AvgIpc) is 2.92. The number of fused-ring (bicyclic) bond motifs is 1. The van der Waals surface area contributed by atoms with Crippen molar-refractivity contribution >= 4 is 28.9 Å². The van der Waals surface area contributed by atoms with Crippen molar-refractivity contribution in [2.24, 2.45) is 12.0 Å². The van der Waals surface area contributed by atoms with E-state index >= 15 is 0 Å². The number of hydrogen-bond donors (Lipinski definition) is 0. The maximum atomic E-state index is 4.56. The summed E-state index contributed by atoms with van der Waals surface area (Å²) in [6.07, 6.45) is 1.87. The van der Waals surface area contributed by atoms with E-state index in [1.807, 2.05) is 36.0 Å². The van der Waals surface area contributed by atoms with Crippen LogP contribution in [0.1, 0.15) is 19.4 Å². The largest absolute Gasteiger partial charge is 0.372 e. The molecule has 1 aromatic heterocycles. The molecule has 0 N–H and O–H groups in total. The Labute approximate surface area is 137 Å². The minimum Gasteiger partial charge on any atom is -0.372 e. The van der Waals surface area contributed by atoms with E-state index in [0.29, 0.717) is 0 Å². The highest BCUT2D eigenvalue weighted by Crippen LogP contribution is 2.20. The summed E-state index contributed by atoms with van der Waals surface area (Å²) in [5.41, 5.74) is 4.39. The summed E-state index contributed by atoms with van der Waals surface area (Å²) < 4.78 is 2.01. The van der Waals surface area contributed by atoms with Crippen LogP contribution in [0, 0.1) is 0 Å². The Balaban J connectivity index is 1.83. The first-order valence-electron chi connectivity index (χ1n) is 8.03. The molecule has 0 saturated heterocycles. The van der Waals surface area contributed by atoms with Crippen molar-refractivity contribution in [1.82, 2.24) is 9.55 Å². The summed E-state index contributed by atoms with van der Waals surface area (Å²) >= 11 is 0. The lowest BCUT2D eigenvalue weighted by Gasteiger charge is -2.20. The number of benzene rings is 2. The third-order valence-electron chi connectivity index (χ3n) is 4.11. The minimum atomic E-state index is 0.721. The topological polar surface area (TPSA) is 33.4 Å². The van der Waals surface area contributed by atoms with Crippen molar-refractivity contribution in [1.29, 1.82) is 0 Å². The standard InChI is InChI=1S/C19H22N4/c1-4-23(5-2)16-12-10-15(11-13-16)14-20-19-21-17-8-6-7-9-18(17)22(19)3/h6-14H,4-5H2,1-3H3/b20-14+. The molecule has 23 heavy (non-hydrogen) atoms. The Morgan fingerprint density at radius 3 is 2.39 bits per heavy atom. The second-order valence-electron chi connectivity index (χ2n) is 5.48. The van der Waals surface area contributed by atoms with Crippen LogP contribution in [0.3, 0.4) is 0 Å². The number of para-hydroxylation sites is 2. The van der Waals surface area contributed by atoms with Gasteiger partial charge in [0.1, 0.15) is 0 Å². The van der Waals surface area contributed by atoms with E-state index in [1.165, 1.54) is 5.69 Å². The van der Waals surface area contributed by atoms with Gasteiger partial charge in [0, 0.05) is 32.0 Å². The van der Waals surface area contributed by atoms with E-state index in [9.17, 15) is 0 Å². The van der Waals surface area contributed by atoms with Crippen LogP contribution in [0.4, 0.5) is 11.6 Å². The van der Waals surface area contributed by atoms with Gasteiger partial charge >= 0.3 is 0 Å². The molecule has 0 fully saturated rings. The molecule has 0 unspecified atom stereocenters. The van der Waals surface area contributed by atoms with E-state index in [-0.39, 0.29) is 0 Å². The molecule has 0 radical (unpaired) electrons. The Hall–Kier alpha value is -2.62. The molecule has 4 nitrogen and oxygen atoms in total. The molecule has 0 amide bonds. The van der Waals surface area contributed by atoms with Crippen LogP contribution >= 0.6 is 0 Å². The summed E-state index contributed by atoms with van der Waals surface area (Å²) in [5, 5.41) is 0. The van der Waals surface area contributed by atoms with E-state index in [1.54, 1.807) is 0 Å². The first-order valence-corrected chi connectivity index (χ1v) is 8.03. The van der Waals surface area contributed by atoms with Gasteiger partial charge in [0.2, 0.25) is 5.95 Å². The van der Waals surface area contributed by atoms with Gasteiger partial charge in [-0.25, -0.2) is 9.98 Å². The molecule has 1 heterocycles. The molecule has 0 bridgehead atoms. The van der Waals surface area contributed by atoms with Gasteiger partial charge in [-0.05, 0) is 43.7 Å². The number of aliphatic imine (C=N–C) groups is 1. The molecular formula is C19H22N4. The van der Waals surface area contributed by atoms with Crippen LogP contribution < -0.4 is 4.90 Å². The van der Waals surface area contributed by atoms with Crippen molar-refractivity contribution < 1.29 is 0 Å². The summed E-state index contributed by atoms with van der Waals surface area (Å²) in [5.74, 6) is 0.721. The fraction of sp³-hybridized carbons (Fsp3) is 0.263. The lowest BCUT2D eigenvalue weighted by molar-refractivity contribution is 0.866. The molecule has 0 aliphatic rings. The number of imidazole rings is 1. The van der Waals surface area contributed by atoms with Gasteiger partial charge in [-0.3, -0.25) is 0 Å². The lowest BCUT2D eigenvalue weighted by atomic mass is 10.2. The lowest BCUT2D eigenvalue weighted by Crippen LogP contribution is -2.21. The van der Waals surface area contributed by atoms with Crippen LogP contribution in [0.2, 0.25) is 0 Å². The van der Waals surface area contributed by atoms with Gasteiger partial charge in [0.15, 0.2) is 0 Å². The summed E-state index contributed by atoms with van der Waals surface area (Å²) in [6.45, 7) is 6.38. The molecule has 0 aliphatic carbocycles. The van der Waals surface area contributed by atoms with Gasteiger partial charge in [-0.1, -0.05) is 24.3 Å². The van der Waals surface area contributed by atoms with E-state index in [2.05, 4.69) is 59.1 Å². The fourth-order valence-corrected chi connectivity index (χ4v) is 2.74. The highest BCUT2D eigenvalue weighted by molar-refractivity contribution is 5.84. The molecule has 4 heteroatoms. The zero-order valence-corrected chi connectivity index (χ0v) is 13.9. The number of rotatable bonds is 5. The molecular weight excluding hydrogens is 284 g/mol. The van der Waals surface area contributed by atoms with Crippen molar-refractivity contribution in [3.8, 4) is 0 Å². The predicted molar refractivity (Wildman–Crippen MR) is 98.0 cm³/mol. The molecule has 0 aliphatic heterocycles. The molecule has 118 valence electrons. The van der Waals surface area contributed by atoms with E-state index in [4.69, 9.17) is 0 Å². The second kappa shape index (κ2) is 6.65. The average molecular weight is 306 g/mol. The molecule has 2 aromatic carbocycles. The maximum Gasteiger partial charge on any atom is 0.230 e. The number of anilines is 1. The van der Waals surface area contributed by atoms with Crippen LogP contribution in [0.25, 0.3) is 11.0 Å². The van der Waals surface area contributed by atoms with Gasteiger partial charge in [-0.2, -0.15) is 0 Å². The quantitative estimate of drug-likeness (QED) is 0.663. The Kier molecular flexibility index (Phi) is 4.42. The van der Waals surface area contributed by atoms with Gasteiger partial charge in [0.25, 0.3) is 0 Å². The Morgan fingerprint density at radius 1 is 1.04 bits per heavy atom. The number of nitrogens with zero attached hydrogens (tertiary/aromatic N) is 4. The molecule has 3 aromatic rings. The molecule has 3 rings (SSSR count). The zero-order valence-electron chi connectivity index (χ0n) is 13.9. The summed E-state index contributed by atoms with van der Waals surface area (Å²) in [6, 6.07) is 16.6. The van der Waals surface area contributed by atoms with E-state index in [0.717, 1.165) is 35.6 Å². The third kappa shape index (κ3) is 3.11. The number of hydrogen-bond acceptors (Lipinski definition) is 3. The van der Waals surface area contributed by atoms with Crippen molar-refractivity contribution in [3.63, 3.8) is 0 Å². The van der Waals surface area contributed by atoms with Crippen LogP contribution in [0.15, 0.2) is 53.5 Å². The fourth-order valence-electron chi connectivity index (χ4n) is 2.74. The third-order valence-corrected chi connectivity index (χ3v) is 4.11. The minimum absolute atomic E-state index is 0.721. The number of aromatic nitrogens is 2. The Bertz CT molecular complexity index is 811. The number of aryl methyl sites for hydroxylation is 1. The molecule has 0 atom stereocenters. The Morgan fingerprint density at radius 2 is 1.74 bits per heavy atom. The summed E-state index contributed by atoms with van der Waals surface area (Å²) in [4.78, 5) is 11.4. The highest BCUT2D eigenvalue weighted by atomic mass is 15.2. The van der Waals surface area contributed by atoms with Crippen molar-refractivity contribution in [2.45, 2.75) is 13.8 Å². The molecule has 0 spiro atoms. The van der Waals surface area contributed by atoms with Gasteiger partial charge in [-0.15, -0.1) is 0 Å². The van der Waals surface area contributed by atoms with Crippen molar-refractivity contribution in [2.75, 3.05) is 18.0 Å². The maximum absolute atomic E-state index is 4.56.